The molecule has 0 fully saturated rings. The predicted molar refractivity (Wildman–Crippen MR) is 99.1 cm³/mol. The third-order valence-corrected chi connectivity index (χ3v) is 5.48. The van der Waals surface area contributed by atoms with Crippen LogP contribution in [0.5, 0.6) is 0 Å². The van der Waals surface area contributed by atoms with E-state index in [0.29, 0.717) is 23.5 Å². The molecule has 4 heterocycles. The molecule has 0 saturated carbocycles. The molecular formula is C19H15N3O2S. The predicted octanol–water partition coefficient (Wildman–Crippen LogP) is 3.81. The molecule has 5 rings (SSSR count). The summed E-state index contributed by atoms with van der Waals surface area (Å²) in [7, 11) is 0. The highest BCUT2D eigenvalue weighted by molar-refractivity contribution is 7.17. The molecule has 1 aromatic carbocycles. The van der Waals surface area contributed by atoms with E-state index in [0.717, 1.165) is 23.4 Å². The zero-order valence-electron chi connectivity index (χ0n) is 13.4. The summed E-state index contributed by atoms with van der Waals surface area (Å²) in [6, 6.07) is 12.1. The smallest absolute Gasteiger partial charge is 0.260 e. The van der Waals surface area contributed by atoms with E-state index in [-0.39, 0.29) is 5.56 Å². The highest BCUT2D eigenvalue weighted by Crippen LogP contribution is 2.32. The Bertz CT molecular complexity index is 1110. The Morgan fingerprint density at radius 2 is 2.16 bits per heavy atom. The SMILES string of the molecule is O=c1[nH]c(CN2CCc3ccccc32)nc2scc(-c3ccco3)c12. The van der Waals surface area contributed by atoms with Gasteiger partial charge in [-0.05, 0) is 30.2 Å². The molecule has 0 bridgehead atoms. The number of anilines is 1. The van der Waals surface area contributed by atoms with Crippen molar-refractivity contribution in [3.05, 3.63) is 69.8 Å². The average molecular weight is 349 g/mol. The van der Waals surface area contributed by atoms with Gasteiger partial charge in [-0.2, -0.15) is 0 Å². The Morgan fingerprint density at radius 1 is 1.24 bits per heavy atom. The first-order valence-electron chi connectivity index (χ1n) is 8.17. The lowest BCUT2D eigenvalue weighted by molar-refractivity contribution is 0.583. The van der Waals surface area contributed by atoms with E-state index in [9.17, 15) is 4.79 Å². The molecule has 1 aliphatic heterocycles. The van der Waals surface area contributed by atoms with Gasteiger partial charge in [0.2, 0.25) is 0 Å². The highest BCUT2D eigenvalue weighted by atomic mass is 32.1. The van der Waals surface area contributed by atoms with Crippen LogP contribution in [0.25, 0.3) is 21.5 Å². The van der Waals surface area contributed by atoms with Gasteiger partial charge in [0.05, 0.1) is 18.2 Å². The maximum atomic E-state index is 12.6. The molecule has 25 heavy (non-hydrogen) atoms. The number of rotatable bonds is 3. The van der Waals surface area contributed by atoms with Crippen molar-refractivity contribution in [2.75, 3.05) is 11.4 Å². The second-order valence-electron chi connectivity index (χ2n) is 6.12. The molecule has 1 N–H and O–H groups in total. The van der Waals surface area contributed by atoms with Gasteiger partial charge in [-0.1, -0.05) is 18.2 Å². The van der Waals surface area contributed by atoms with E-state index in [2.05, 4.69) is 33.1 Å². The van der Waals surface area contributed by atoms with Crippen LogP contribution in [0.2, 0.25) is 0 Å². The Kier molecular flexibility index (Phi) is 3.24. The monoisotopic (exact) mass is 349 g/mol. The number of nitrogens with one attached hydrogen (secondary N) is 1. The number of H-pyrrole nitrogens is 1. The zero-order valence-corrected chi connectivity index (χ0v) is 14.2. The first-order chi connectivity index (χ1) is 12.3. The Morgan fingerprint density at radius 3 is 3.04 bits per heavy atom. The summed E-state index contributed by atoms with van der Waals surface area (Å²) in [5.74, 6) is 1.39. The van der Waals surface area contributed by atoms with Crippen molar-refractivity contribution in [2.24, 2.45) is 0 Å². The molecule has 0 atom stereocenters. The first kappa shape index (κ1) is 14.5. The quantitative estimate of drug-likeness (QED) is 0.611. The van der Waals surface area contributed by atoms with Gasteiger partial charge in [0, 0.05) is 23.2 Å². The summed E-state index contributed by atoms with van der Waals surface area (Å²) in [6.07, 6.45) is 2.64. The second-order valence-corrected chi connectivity index (χ2v) is 6.98. The number of nitrogens with zero attached hydrogens (tertiary/aromatic N) is 2. The van der Waals surface area contributed by atoms with E-state index in [1.165, 1.54) is 22.6 Å². The van der Waals surface area contributed by atoms with Gasteiger partial charge in [0.15, 0.2) is 0 Å². The summed E-state index contributed by atoms with van der Waals surface area (Å²) in [5.41, 5.74) is 3.27. The van der Waals surface area contributed by atoms with Crippen LogP contribution in [0.3, 0.4) is 0 Å². The maximum Gasteiger partial charge on any atom is 0.260 e. The minimum absolute atomic E-state index is 0.111. The normalized spacial score (nSPS) is 13.5. The fraction of sp³-hybridized carbons (Fsp3) is 0.158. The largest absolute Gasteiger partial charge is 0.464 e. The van der Waals surface area contributed by atoms with Crippen LogP contribution >= 0.6 is 11.3 Å². The van der Waals surface area contributed by atoms with Gasteiger partial charge in [-0.25, -0.2) is 4.98 Å². The molecule has 5 nitrogen and oxygen atoms in total. The van der Waals surface area contributed by atoms with Crippen LogP contribution < -0.4 is 10.5 Å². The summed E-state index contributed by atoms with van der Waals surface area (Å²) in [4.78, 5) is 23.3. The summed E-state index contributed by atoms with van der Waals surface area (Å²) < 4.78 is 5.44. The van der Waals surface area contributed by atoms with Crippen LogP contribution in [0, 0.1) is 0 Å². The molecule has 6 heteroatoms. The number of aromatic nitrogens is 2. The van der Waals surface area contributed by atoms with Crippen LogP contribution in [0.15, 0.2) is 57.3 Å². The first-order valence-corrected chi connectivity index (χ1v) is 9.05. The van der Waals surface area contributed by atoms with Crippen molar-refractivity contribution < 1.29 is 4.42 Å². The van der Waals surface area contributed by atoms with E-state index >= 15 is 0 Å². The van der Waals surface area contributed by atoms with Crippen molar-refractivity contribution in [2.45, 2.75) is 13.0 Å². The standard InChI is InChI=1S/C19H15N3O2S/c23-18-17-13(15-6-3-9-24-15)11-25-19(17)21-16(20-18)10-22-8-7-12-4-1-2-5-14(12)22/h1-6,9,11H,7-8,10H2,(H,20,21,23). The number of hydrogen-bond donors (Lipinski definition) is 1. The van der Waals surface area contributed by atoms with Gasteiger partial charge in [-0.3, -0.25) is 4.79 Å². The number of furan rings is 1. The number of thiophene rings is 1. The van der Waals surface area contributed by atoms with Crippen molar-refractivity contribution in [3.63, 3.8) is 0 Å². The molecule has 4 aromatic rings. The van der Waals surface area contributed by atoms with Gasteiger partial charge in [-0.15, -0.1) is 11.3 Å². The van der Waals surface area contributed by atoms with E-state index in [1.807, 2.05) is 23.6 Å². The average Bonchev–Trinajstić information content (AvgIpc) is 3.34. The molecule has 0 radical (unpaired) electrons. The molecule has 0 unspecified atom stereocenters. The van der Waals surface area contributed by atoms with Crippen LogP contribution in [-0.2, 0) is 13.0 Å². The summed E-state index contributed by atoms with van der Waals surface area (Å²) in [6.45, 7) is 1.55. The molecule has 0 aliphatic carbocycles. The lowest BCUT2D eigenvalue weighted by Gasteiger charge is -2.18. The Balaban J connectivity index is 1.53. The topological polar surface area (TPSA) is 62.1 Å². The van der Waals surface area contributed by atoms with Gasteiger partial charge in [0.1, 0.15) is 16.4 Å². The molecule has 1 aliphatic rings. The molecule has 0 saturated heterocycles. The van der Waals surface area contributed by atoms with Gasteiger partial charge < -0.3 is 14.3 Å². The maximum absolute atomic E-state index is 12.6. The zero-order chi connectivity index (χ0) is 16.8. The second kappa shape index (κ2) is 5.60. The van der Waals surface area contributed by atoms with Crippen LogP contribution in [0.4, 0.5) is 5.69 Å². The third kappa shape index (κ3) is 2.37. The van der Waals surface area contributed by atoms with E-state index in [1.54, 1.807) is 6.26 Å². The van der Waals surface area contributed by atoms with Crippen LogP contribution in [-0.4, -0.2) is 16.5 Å². The van der Waals surface area contributed by atoms with Crippen molar-refractivity contribution in [3.8, 4) is 11.3 Å². The number of para-hydroxylation sites is 1. The number of fused-ring (bicyclic) bond motifs is 2. The minimum Gasteiger partial charge on any atom is -0.464 e. The summed E-state index contributed by atoms with van der Waals surface area (Å²) >= 11 is 1.47. The number of aromatic amines is 1. The fourth-order valence-electron chi connectivity index (χ4n) is 3.43. The minimum atomic E-state index is -0.111. The molecular weight excluding hydrogens is 334 g/mol. The number of benzene rings is 1. The molecule has 0 spiro atoms. The van der Waals surface area contributed by atoms with Crippen molar-refractivity contribution in [1.29, 1.82) is 0 Å². The van der Waals surface area contributed by atoms with Crippen molar-refractivity contribution >= 4 is 27.2 Å². The lowest BCUT2D eigenvalue weighted by Crippen LogP contribution is -2.23. The molecule has 3 aromatic heterocycles. The lowest BCUT2D eigenvalue weighted by atomic mass is 10.2. The molecule has 124 valence electrons. The Hall–Kier alpha value is -2.86. The van der Waals surface area contributed by atoms with Crippen LogP contribution in [0.1, 0.15) is 11.4 Å². The van der Waals surface area contributed by atoms with Crippen molar-refractivity contribution in [1.82, 2.24) is 9.97 Å². The van der Waals surface area contributed by atoms with Gasteiger partial charge in [0.25, 0.3) is 5.56 Å². The Labute approximate surface area is 147 Å². The third-order valence-electron chi connectivity index (χ3n) is 4.60. The fourth-order valence-corrected chi connectivity index (χ4v) is 4.38. The number of hydrogen-bond acceptors (Lipinski definition) is 5. The van der Waals surface area contributed by atoms with E-state index < -0.39 is 0 Å². The highest BCUT2D eigenvalue weighted by Gasteiger charge is 2.20. The van der Waals surface area contributed by atoms with E-state index in [4.69, 9.17) is 4.42 Å². The summed E-state index contributed by atoms with van der Waals surface area (Å²) in [5, 5.41) is 2.53. The molecule has 0 amide bonds. The van der Waals surface area contributed by atoms with Gasteiger partial charge >= 0.3 is 0 Å².